The Morgan fingerprint density at radius 2 is 2.14 bits per heavy atom. The van der Waals surface area contributed by atoms with Crippen LogP contribution in [-0.2, 0) is 19.6 Å². The zero-order valence-electron chi connectivity index (χ0n) is 12.4. The predicted molar refractivity (Wildman–Crippen MR) is 76.4 cm³/mol. The molecule has 6 heteroatoms. The molecule has 0 aliphatic rings. The highest BCUT2D eigenvalue weighted by molar-refractivity contribution is 5.29. The molecule has 0 spiro atoms. The summed E-state index contributed by atoms with van der Waals surface area (Å²) in [4.78, 5) is 4.14. The number of ether oxygens (including phenoxy) is 1. The van der Waals surface area contributed by atoms with E-state index in [1.54, 1.807) is 0 Å². The van der Waals surface area contributed by atoms with Crippen LogP contribution in [0.25, 0.3) is 0 Å². The maximum absolute atomic E-state index is 13.6. The first-order valence-corrected chi connectivity index (χ1v) is 7.15. The maximum atomic E-state index is 13.6. The third-order valence-electron chi connectivity index (χ3n) is 2.88. The number of halogens is 1. The Labute approximate surface area is 123 Å². The average Bonchev–Trinajstić information content (AvgIpc) is 2.93. The van der Waals surface area contributed by atoms with Crippen LogP contribution in [0.2, 0.25) is 0 Å². The van der Waals surface area contributed by atoms with Crippen molar-refractivity contribution in [3.63, 3.8) is 0 Å². The van der Waals surface area contributed by atoms with Gasteiger partial charge in [-0.1, -0.05) is 19.0 Å². The normalized spacial score (nSPS) is 10.8. The molecule has 0 atom stereocenters. The zero-order chi connectivity index (χ0) is 15.1. The van der Waals surface area contributed by atoms with Gasteiger partial charge in [-0.2, -0.15) is 4.98 Å². The van der Waals surface area contributed by atoms with Crippen molar-refractivity contribution in [1.82, 2.24) is 15.5 Å². The first-order valence-electron chi connectivity index (χ1n) is 7.15. The van der Waals surface area contributed by atoms with Crippen molar-refractivity contribution >= 4 is 0 Å². The van der Waals surface area contributed by atoms with Gasteiger partial charge in [-0.3, -0.25) is 0 Å². The molecule has 0 saturated heterocycles. The highest BCUT2D eigenvalue weighted by Crippen LogP contribution is 2.17. The van der Waals surface area contributed by atoms with Crippen molar-refractivity contribution < 1.29 is 13.7 Å². The molecule has 1 aromatic carbocycles. The molecule has 1 heterocycles. The lowest BCUT2D eigenvalue weighted by molar-refractivity contribution is 0.241. The molecule has 1 aromatic heterocycles. The average molecular weight is 293 g/mol. The number of hydrogen-bond acceptors (Lipinski definition) is 5. The third kappa shape index (κ3) is 4.82. The van der Waals surface area contributed by atoms with E-state index in [0.29, 0.717) is 30.4 Å². The molecule has 0 aliphatic heterocycles. The van der Waals surface area contributed by atoms with E-state index in [9.17, 15) is 4.39 Å². The smallest absolute Gasteiger partial charge is 0.264 e. The molecular formula is C15H20FN3O2. The van der Waals surface area contributed by atoms with Gasteiger partial charge in [-0.05, 0) is 30.7 Å². The molecule has 0 bridgehead atoms. The van der Waals surface area contributed by atoms with Crippen molar-refractivity contribution in [2.75, 3.05) is 6.54 Å². The van der Waals surface area contributed by atoms with Crippen molar-refractivity contribution in [2.45, 2.75) is 39.8 Å². The molecule has 1 N–H and O–H groups in total. The topological polar surface area (TPSA) is 60.2 Å². The zero-order valence-corrected chi connectivity index (χ0v) is 12.4. The molecule has 0 saturated carbocycles. The van der Waals surface area contributed by atoms with Crippen LogP contribution in [0.4, 0.5) is 4.39 Å². The Balaban J connectivity index is 1.95. The molecule has 5 nitrogen and oxygen atoms in total. The van der Waals surface area contributed by atoms with Gasteiger partial charge in [-0.25, -0.2) is 4.39 Å². The third-order valence-corrected chi connectivity index (χ3v) is 2.88. The summed E-state index contributed by atoms with van der Waals surface area (Å²) in [7, 11) is 0. The molecular weight excluding hydrogens is 273 g/mol. The van der Waals surface area contributed by atoms with Crippen LogP contribution in [0.15, 0.2) is 22.7 Å². The quantitative estimate of drug-likeness (QED) is 0.758. The van der Waals surface area contributed by atoms with Gasteiger partial charge < -0.3 is 14.6 Å². The lowest BCUT2D eigenvalue weighted by Gasteiger charge is -2.08. The Morgan fingerprint density at radius 1 is 1.29 bits per heavy atom. The molecule has 0 radical (unpaired) electrons. The first kappa shape index (κ1) is 15.4. The lowest BCUT2D eigenvalue weighted by atomic mass is 10.2. The second kappa shape index (κ2) is 7.73. The largest absolute Gasteiger partial charge is 0.484 e. The fourth-order valence-corrected chi connectivity index (χ4v) is 1.85. The Hall–Kier alpha value is -1.95. The minimum absolute atomic E-state index is 0.137. The molecule has 0 unspecified atom stereocenters. The number of aryl methyl sites for hydroxylation is 1. The van der Waals surface area contributed by atoms with E-state index in [1.165, 1.54) is 12.1 Å². The molecule has 0 fully saturated rings. The van der Waals surface area contributed by atoms with Gasteiger partial charge in [-0.15, -0.1) is 0 Å². The number of aromatic nitrogens is 2. The molecule has 0 aliphatic carbocycles. The first-order chi connectivity index (χ1) is 10.2. The monoisotopic (exact) mass is 293 g/mol. The molecule has 114 valence electrons. The Morgan fingerprint density at radius 3 is 2.86 bits per heavy atom. The summed E-state index contributed by atoms with van der Waals surface area (Å²) in [5.74, 6) is 1.17. The Kier molecular flexibility index (Phi) is 5.68. The maximum Gasteiger partial charge on any atom is 0.264 e. The molecule has 0 amide bonds. The van der Waals surface area contributed by atoms with Gasteiger partial charge in [0.15, 0.2) is 12.4 Å². The number of benzene rings is 1. The van der Waals surface area contributed by atoms with Crippen LogP contribution in [0, 0.1) is 5.82 Å². The summed E-state index contributed by atoms with van der Waals surface area (Å²) in [5, 5.41) is 7.01. The summed E-state index contributed by atoms with van der Waals surface area (Å²) in [6, 6.07) is 4.65. The van der Waals surface area contributed by atoms with Crippen LogP contribution in [0.1, 0.15) is 37.5 Å². The minimum atomic E-state index is -0.319. The van der Waals surface area contributed by atoms with E-state index in [1.807, 2.05) is 13.0 Å². The van der Waals surface area contributed by atoms with Gasteiger partial charge in [0.2, 0.25) is 0 Å². The fourth-order valence-electron chi connectivity index (χ4n) is 1.85. The summed E-state index contributed by atoms with van der Waals surface area (Å²) in [6.07, 6.45) is 1.74. The van der Waals surface area contributed by atoms with Crippen molar-refractivity contribution in [1.29, 1.82) is 0 Å². The second-order valence-corrected chi connectivity index (χ2v) is 4.72. The van der Waals surface area contributed by atoms with Crippen LogP contribution in [0.5, 0.6) is 5.75 Å². The van der Waals surface area contributed by atoms with Crippen LogP contribution >= 0.6 is 0 Å². The van der Waals surface area contributed by atoms with Gasteiger partial charge in [0.25, 0.3) is 5.89 Å². The van der Waals surface area contributed by atoms with Gasteiger partial charge in [0.05, 0.1) is 0 Å². The highest BCUT2D eigenvalue weighted by atomic mass is 19.1. The molecule has 21 heavy (non-hydrogen) atoms. The number of nitrogens with one attached hydrogen (secondary N) is 1. The van der Waals surface area contributed by atoms with Crippen LogP contribution in [-0.4, -0.2) is 16.7 Å². The van der Waals surface area contributed by atoms with E-state index >= 15 is 0 Å². The summed E-state index contributed by atoms with van der Waals surface area (Å²) in [5.41, 5.74) is 0.846. The van der Waals surface area contributed by atoms with E-state index in [4.69, 9.17) is 9.26 Å². The molecule has 2 rings (SSSR count). The summed E-state index contributed by atoms with van der Waals surface area (Å²) in [6.45, 7) is 5.68. The van der Waals surface area contributed by atoms with Crippen LogP contribution in [0.3, 0.4) is 0 Å². The van der Waals surface area contributed by atoms with Gasteiger partial charge in [0.1, 0.15) is 11.6 Å². The fraction of sp³-hybridized carbons (Fsp3) is 0.467. The standard InChI is InChI=1S/C15H20FN3O2/c1-3-5-17-9-11-6-12(16)8-13(7-11)20-10-15-18-14(4-2)19-21-15/h6-8,17H,3-5,9-10H2,1-2H3. The van der Waals surface area contributed by atoms with Gasteiger partial charge in [0, 0.05) is 19.0 Å². The van der Waals surface area contributed by atoms with E-state index < -0.39 is 0 Å². The second-order valence-electron chi connectivity index (χ2n) is 4.72. The minimum Gasteiger partial charge on any atom is -0.484 e. The summed E-state index contributed by atoms with van der Waals surface area (Å²) >= 11 is 0. The van der Waals surface area contributed by atoms with Crippen molar-refractivity contribution in [2.24, 2.45) is 0 Å². The lowest BCUT2D eigenvalue weighted by Crippen LogP contribution is -2.14. The van der Waals surface area contributed by atoms with Gasteiger partial charge >= 0.3 is 0 Å². The number of rotatable bonds is 8. The SMILES string of the molecule is CCCNCc1cc(F)cc(OCc2nc(CC)no2)c1. The number of hydrogen-bond donors (Lipinski definition) is 1. The van der Waals surface area contributed by atoms with E-state index in [2.05, 4.69) is 22.4 Å². The summed E-state index contributed by atoms with van der Waals surface area (Å²) < 4.78 is 24.1. The van der Waals surface area contributed by atoms with Crippen molar-refractivity contribution in [3.05, 3.63) is 41.3 Å². The highest BCUT2D eigenvalue weighted by Gasteiger charge is 2.07. The van der Waals surface area contributed by atoms with E-state index in [0.717, 1.165) is 18.5 Å². The van der Waals surface area contributed by atoms with Crippen LogP contribution < -0.4 is 10.1 Å². The van der Waals surface area contributed by atoms with Crippen molar-refractivity contribution in [3.8, 4) is 5.75 Å². The Bertz CT molecular complexity index is 572. The predicted octanol–water partition coefficient (Wildman–Crippen LogP) is 2.85. The molecule has 2 aromatic rings. The number of nitrogens with zero attached hydrogens (tertiary/aromatic N) is 2. The van der Waals surface area contributed by atoms with E-state index in [-0.39, 0.29) is 12.4 Å².